The minimum Gasteiger partial charge on any atom is -0.494 e. The number of aromatic nitrogens is 1. The summed E-state index contributed by atoms with van der Waals surface area (Å²) >= 11 is 6.11. The zero-order valence-corrected chi connectivity index (χ0v) is 11.3. The van der Waals surface area contributed by atoms with Crippen molar-refractivity contribution in [3.63, 3.8) is 0 Å². The van der Waals surface area contributed by atoms with Gasteiger partial charge in [0.2, 0.25) is 0 Å². The van der Waals surface area contributed by atoms with Crippen molar-refractivity contribution >= 4 is 22.5 Å². The fourth-order valence-corrected chi connectivity index (χ4v) is 1.99. The van der Waals surface area contributed by atoms with Gasteiger partial charge in [-0.15, -0.1) is 0 Å². The third kappa shape index (κ3) is 2.22. The Hall–Kier alpha value is -1.28. The van der Waals surface area contributed by atoms with Crippen LogP contribution >= 0.6 is 11.6 Å². The van der Waals surface area contributed by atoms with Crippen molar-refractivity contribution in [1.82, 2.24) is 4.98 Å². The highest BCUT2D eigenvalue weighted by Crippen LogP contribution is 2.31. The third-order valence-corrected chi connectivity index (χ3v) is 3.30. The molecule has 0 unspecified atom stereocenters. The van der Waals surface area contributed by atoms with E-state index in [-0.39, 0.29) is 0 Å². The van der Waals surface area contributed by atoms with Gasteiger partial charge in [-0.05, 0) is 36.6 Å². The Kier molecular flexibility index (Phi) is 3.25. The first-order valence-electron chi connectivity index (χ1n) is 5.67. The van der Waals surface area contributed by atoms with E-state index in [2.05, 4.69) is 24.9 Å². The highest BCUT2D eigenvalue weighted by atomic mass is 35.5. The van der Waals surface area contributed by atoms with Crippen LogP contribution in [-0.2, 0) is 0 Å². The second-order valence-corrected chi connectivity index (χ2v) is 4.91. The van der Waals surface area contributed by atoms with E-state index in [9.17, 15) is 0 Å². The van der Waals surface area contributed by atoms with E-state index in [1.807, 2.05) is 19.1 Å². The molecule has 0 N–H and O–H groups in total. The second-order valence-electron chi connectivity index (χ2n) is 4.51. The summed E-state index contributed by atoms with van der Waals surface area (Å²) in [6.07, 6.45) is 0. The van der Waals surface area contributed by atoms with Crippen molar-refractivity contribution < 1.29 is 4.74 Å². The molecule has 0 aliphatic heterocycles. The Morgan fingerprint density at radius 3 is 2.53 bits per heavy atom. The number of hydrogen-bond donors (Lipinski definition) is 0. The first-order valence-corrected chi connectivity index (χ1v) is 6.05. The molecule has 0 fully saturated rings. The van der Waals surface area contributed by atoms with Gasteiger partial charge in [0.05, 0.1) is 17.8 Å². The number of ether oxygens (including phenoxy) is 1. The highest BCUT2D eigenvalue weighted by Gasteiger charge is 2.10. The van der Waals surface area contributed by atoms with Gasteiger partial charge in [-0.1, -0.05) is 25.4 Å². The molecular formula is C14H16ClNO. The first-order chi connectivity index (χ1) is 8.02. The van der Waals surface area contributed by atoms with E-state index < -0.39 is 0 Å². The number of pyridine rings is 1. The van der Waals surface area contributed by atoms with E-state index in [1.54, 1.807) is 7.11 Å². The molecule has 0 aliphatic rings. The number of hydrogen-bond acceptors (Lipinski definition) is 2. The zero-order chi connectivity index (χ0) is 12.6. The van der Waals surface area contributed by atoms with Gasteiger partial charge in [0.25, 0.3) is 0 Å². The van der Waals surface area contributed by atoms with Crippen molar-refractivity contribution in [2.75, 3.05) is 7.11 Å². The Morgan fingerprint density at radius 2 is 1.94 bits per heavy atom. The van der Waals surface area contributed by atoms with Crippen LogP contribution < -0.4 is 4.74 Å². The summed E-state index contributed by atoms with van der Waals surface area (Å²) in [6, 6.07) is 6.13. The molecule has 2 aromatic rings. The average molecular weight is 250 g/mol. The van der Waals surface area contributed by atoms with E-state index >= 15 is 0 Å². The van der Waals surface area contributed by atoms with Crippen molar-refractivity contribution in [3.8, 4) is 5.75 Å². The molecule has 3 heteroatoms. The van der Waals surface area contributed by atoms with Gasteiger partial charge >= 0.3 is 0 Å². The number of benzene rings is 1. The third-order valence-electron chi connectivity index (χ3n) is 2.92. The van der Waals surface area contributed by atoms with E-state index in [0.29, 0.717) is 10.9 Å². The van der Waals surface area contributed by atoms with E-state index in [4.69, 9.17) is 16.3 Å². The van der Waals surface area contributed by atoms with Crippen molar-refractivity contribution in [3.05, 3.63) is 34.5 Å². The minimum absolute atomic E-state index is 0.452. The summed E-state index contributed by atoms with van der Waals surface area (Å²) in [7, 11) is 1.67. The Bertz CT molecular complexity index is 564. The van der Waals surface area contributed by atoms with Crippen LogP contribution in [0.4, 0.5) is 0 Å². The van der Waals surface area contributed by atoms with Crippen LogP contribution in [0.25, 0.3) is 10.9 Å². The molecule has 0 bridgehead atoms. The number of methoxy groups -OCH3 is 1. The molecule has 1 heterocycles. The Morgan fingerprint density at radius 1 is 1.24 bits per heavy atom. The average Bonchev–Trinajstić information content (AvgIpc) is 2.29. The molecule has 0 saturated carbocycles. The molecule has 0 atom stereocenters. The number of aryl methyl sites for hydroxylation is 1. The van der Waals surface area contributed by atoms with Gasteiger partial charge in [-0.25, -0.2) is 4.98 Å². The molecule has 1 aromatic heterocycles. The molecule has 2 rings (SSSR count). The van der Waals surface area contributed by atoms with Crippen LogP contribution in [0, 0.1) is 6.92 Å². The van der Waals surface area contributed by atoms with Crippen LogP contribution in [0.15, 0.2) is 18.2 Å². The summed E-state index contributed by atoms with van der Waals surface area (Å²) in [5, 5.41) is 1.73. The van der Waals surface area contributed by atoms with Crippen LogP contribution in [0.3, 0.4) is 0 Å². The van der Waals surface area contributed by atoms with Crippen molar-refractivity contribution in [1.29, 1.82) is 0 Å². The van der Waals surface area contributed by atoms with Gasteiger partial charge in [0.1, 0.15) is 11.3 Å². The maximum atomic E-state index is 6.11. The highest BCUT2D eigenvalue weighted by molar-refractivity contribution is 6.31. The molecule has 1 aromatic carbocycles. The number of rotatable bonds is 2. The first kappa shape index (κ1) is 12.2. The largest absolute Gasteiger partial charge is 0.494 e. The lowest BCUT2D eigenvalue weighted by Gasteiger charge is -2.12. The smallest absolute Gasteiger partial charge is 0.145 e. The molecule has 0 saturated heterocycles. The van der Waals surface area contributed by atoms with Gasteiger partial charge in [-0.2, -0.15) is 0 Å². The van der Waals surface area contributed by atoms with Crippen LogP contribution in [0.1, 0.15) is 31.0 Å². The van der Waals surface area contributed by atoms with Crippen LogP contribution in [0.2, 0.25) is 5.02 Å². The Balaban J connectivity index is 2.78. The molecule has 0 radical (unpaired) electrons. The number of halogens is 1. The fourth-order valence-electron chi connectivity index (χ4n) is 1.83. The summed E-state index contributed by atoms with van der Waals surface area (Å²) in [6.45, 7) is 6.21. The topological polar surface area (TPSA) is 22.1 Å². The SMILES string of the molecule is COc1cc(C(C)C)cc2cc(Cl)c(C)nc12. The van der Waals surface area contributed by atoms with Crippen molar-refractivity contribution in [2.24, 2.45) is 0 Å². The quantitative estimate of drug-likeness (QED) is 0.790. The van der Waals surface area contributed by atoms with Gasteiger partial charge in [0, 0.05) is 5.39 Å². The lowest BCUT2D eigenvalue weighted by atomic mass is 10.0. The molecule has 2 nitrogen and oxygen atoms in total. The van der Waals surface area contributed by atoms with Gasteiger partial charge in [-0.3, -0.25) is 0 Å². The standard InChI is InChI=1S/C14H16ClNO/c1-8(2)10-5-11-6-12(15)9(3)16-14(11)13(7-10)17-4/h5-8H,1-4H3. The lowest BCUT2D eigenvalue weighted by molar-refractivity contribution is 0.418. The lowest BCUT2D eigenvalue weighted by Crippen LogP contribution is -1.95. The normalized spacial score (nSPS) is 11.2. The van der Waals surface area contributed by atoms with E-state index in [1.165, 1.54) is 5.56 Å². The molecule has 0 spiro atoms. The maximum Gasteiger partial charge on any atom is 0.145 e. The number of fused-ring (bicyclic) bond motifs is 1. The second kappa shape index (κ2) is 4.53. The molecule has 90 valence electrons. The molecular weight excluding hydrogens is 234 g/mol. The predicted molar refractivity (Wildman–Crippen MR) is 72.1 cm³/mol. The summed E-state index contributed by atoms with van der Waals surface area (Å²) in [5.41, 5.74) is 2.93. The number of nitrogens with zero attached hydrogens (tertiary/aromatic N) is 1. The van der Waals surface area contributed by atoms with Gasteiger partial charge < -0.3 is 4.74 Å². The maximum absolute atomic E-state index is 6.11. The van der Waals surface area contributed by atoms with Gasteiger partial charge in [0.15, 0.2) is 0 Å². The summed E-state index contributed by atoms with van der Waals surface area (Å²) in [5.74, 6) is 1.26. The van der Waals surface area contributed by atoms with Crippen LogP contribution in [-0.4, -0.2) is 12.1 Å². The predicted octanol–water partition coefficient (Wildman–Crippen LogP) is 4.33. The monoisotopic (exact) mass is 249 g/mol. The summed E-state index contributed by atoms with van der Waals surface area (Å²) < 4.78 is 5.41. The Labute approximate surface area is 107 Å². The van der Waals surface area contributed by atoms with Crippen molar-refractivity contribution in [2.45, 2.75) is 26.7 Å². The van der Waals surface area contributed by atoms with Crippen LogP contribution in [0.5, 0.6) is 5.75 Å². The summed E-state index contributed by atoms with van der Waals surface area (Å²) in [4.78, 5) is 4.49. The fraction of sp³-hybridized carbons (Fsp3) is 0.357. The molecule has 0 aliphatic carbocycles. The van der Waals surface area contributed by atoms with E-state index in [0.717, 1.165) is 22.3 Å². The molecule has 17 heavy (non-hydrogen) atoms. The molecule has 0 amide bonds. The minimum atomic E-state index is 0.452. The zero-order valence-electron chi connectivity index (χ0n) is 10.5.